The standard InChI is InChI=1S/C30H25N8O2PS3/c1-35-22-10-4-7-13-25(22)42-28(35)32-41(31-20-16-18-21(19-17-20)38(39)40,33-29-36(2)23-11-5-8-14-26(23)43-29)34-30-37(3)24-12-6-9-15-27(24)44-30/h4-19H,1-3H3/b32-28-,33-29-,34-30+. The number of fused-ring (bicyclic) bond motifs is 3. The van der Waals surface area contributed by atoms with E-state index in [1.165, 1.54) is 12.1 Å². The van der Waals surface area contributed by atoms with E-state index in [-0.39, 0.29) is 5.69 Å². The Hall–Kier alpha value is -4.42. The Bertz CT molecular complexity index is 2270. The molecule has 220 valence electrons. The molecule has 0 atom stereocenters. The van der Waals surface area contributed by atoms with Crippen LogP contribution in [0.15, 0.2) is 116 Å². The minimum absolute atomic E-state index is 0.0126. The van der Waals surface area contributed by atoms with Gasteiger partial charge in [0.1, 0.15) is 0 Å². The van der Waals surface area contributed by atoms with Crippen LogP contribution in [0.25, 0.3) is 30.6 Å². The van der Waals surface area contributed by atoms with Gasteiger partial charge in [0, 0.05) is 33.3 Å². The van der Waals surface area contributed by atoms with Crippen molar-refractivity contribution in [2.24, 2.45) is 40.2 Å². The molecule has 0 amide bonds. The van der Waals surface area contributed by atoms with E-state index in [1.54, 1.807) is 46.1 Å². The topological polar surface area (TPSA) is 107 Å². The van der Waals surface area contributed by atoms with Gasteiger partial charge in [-0.2, -0.15) is 14.3 Å². The van der Waals surface area contributed by atoms with E-state index >= 15 is 0 Å². The number of hydrogen-bond donors (Lipinski definition) is 0. The lowest BCUT2D eigenvalue weighted by Gasteiger charge is -2.10. The lowest BCUT2D eigenvalue weighted by atomic mass is 10.3. The average molecular weight is 657 g/mol. The largest absolute Gasteiger partial charge is 0.319 e. The Morgan fingerprint density at radius 3 is 1.30 bits per heavy atom. The van der Waals surface area contributed by atoms with Gasteiger partial charge in [-0.05, 0) is 48.5 Å². The third-order valence-corrected chi connectivity index (χ3v) is 12.7. The number of nitro groups is 1. The highest BCUT2D eigenvalue weighted by Gasteiger charge is 2.21. The van der Waals surface area contributed by atoms with Crippen molar-refractivity contribution in [2.75, 3.05) is 0 Å². The van der Waals surface area contributed by atoms with E-state index in [4.69, 9.17) is 19.0 Å². The Labute approximate surface area is 262 Å². The van der Waals surface area contributed by atoms with Crippen molar-refractivity contribution in [2.45, 2.75) is 0 Å². The number of rotatable bonds is 5. The molecule has 0 saturated heterocycles. The number of nitrogens with zero attached hydrogens (tertiary/aromatic N) is 8. The predicted octanol–water partition coefficient (Wildman–Crippen LogP) is 7.63. The maximum atomic E-state index is 11.4. The first-order valence-corrected chi connectivity index (χ1v) is 17.5. The number of aromatic nitrogens is 3. The monoisotopic (exact) mass is 656 g/mol. The number of thiazole rings is 3. The summed E-state index contributed by atoms with van der Waals surface area (Å²) in [5, 5.41) is 11.4. The highest BCUT2D eigenvalue weighted by molar-refractivity contribution is 7.62. The zero-order valence-corrected chi connectivity index (χ0v) is 27.1. The van der Waals surface area contributed by atoms with Gasteiger partial charge in [0.25, 0.3) is 5.69 Å². The fourth-order valence-electron chi connectivity index (χ4n) is 4.81. The van der Waals surface area contributed by atoms with Crippen LogP contribution in [-0.4, -0.2) is 18.6 Å². The van der Waals surface area contributed by atoms with Gasteiger partial charge in [-0.3, -0.25) is 10.1 Å². The SMILES string of the molecule is Cn1/c(=N/P(=Nc2ccc([N+](=O)[O-])cc2)(/N=c2\sc3ccccc3n2C)/N=c2/sc3ccccc3n2C)sc2ccccc21. The van der Waals surface area contributed by atoms with Crippen LogP contribution in [0.2, 0.25) is 0 Å². The van der Waals surface area contributed by atoms with Crippen molar-refractivity contribution in [3.63, 3.8) is 0 Å². The van der Waals surface area contributed by atoms with Crippen molar-refractivity contribution in [1.29, 1.82) is 0 Å². The van der Waals surface area contributed by atoms with Crippen LogP contribution in [-0.2, 0) is 21.1 Å². The molecule has 0 aliphatic carbocycles. The molecular formula is C30H25N8O2PS3. The summed E-state index contributed by atoms with van der Waals surface area (Å²) in [4.78, 5) is 13.2. The van der Waals surface area contributed by atoms with Gasteiger partial charge >= 0.3 is 7.51 Å². The van der Waals surface area contributed by atoms with E-state index in [9.17, 15) is 10.1 Å². The maximum absolute atomic E-state index is 11.4. The minimum atomic E-state index is -3.37. The molecule has 0 aliphatic rings. The Morgan fingerprint density at radius 2 is 0.955 bits per heavy atom. The molecule has 14 heteroatoms. The molecule has 3 heterocycles. The van der Waals surface area contributed by atoms with E-state index in [0.717, 1.165) is 45.1 Å². The minimum Gasteiger partial charge on any atom is -0.319 e. The molecule has 0 spiro atoms. The molecule has 0 saturated carbocycles. The Balaban J connectivity index is 1.64. The van der Waals surface area contributed by atoms with Crippen LogP contribution in [0.3, 0.4) is 0 Å². The van der Waals surface area contributed by atoms with Gasteiger partial charge in [0.05, 0.1) is 41.3 Å². The second-order valence-electron chi connectivity index (χ2n) is 9.94. The summed E-state index contributed by atoms with van der Waals surface area (Å²) in [5.41, 5.74) is 3.64. The summed E-state index contributed by atoms with van der Waals surface area (Å²) in [6.07, 6.45) is 0. The van der Waals surface area contributed by atoms with Gasteiger partial charge in [-0.15, -0.1) is 0 Å². The van der Waals surface area contributed by atoms with E-state index < -0.39 is 12.4 Å². The molecule has 0 unspecified atom stereocenters. The summed E-state index contributed by atoms with van der Waals surface area (Å²) in [5.74, 6) is 0. The van der Waals surface area contributed by atoms with E-state index in [1.807, 2.05) is 71.2 Å². The summed E-state index contributed by atoms with van der Waals surface area (Å²) >= 11 is 4.67. The van der Waals surface area contributed by atoms with Crippen molar-refractivity contribution in [3.05, 3.63) is 122 Å². The number of hydrogen-bond acceptors (Lipinski definition) is 6. The lowest BCUT2D eigenvalue weighted by molar-refractivity contribution is -0.384. The second-order valence-corrected chi connectivity index (χ2v) is 14.8. The van der Waals surface area contributed by atoms with Crippen LogP contribution in [0.1, 0.15) is 0 Å². The summed E-state index contributed by atoms with van der Waals surface area (Å²) in [7, 11) is 2.58. The second kappa shape index (κ2) is 11.3. The third kappa shape index (κ3) is 5.17. The molecule has 7 rings (SSSR count). The van der Waals surface area contributed by atoms with Crippen LogP contribution < -0.4 is 14.4 Å². The number of aryl methyl sites for hydroxylation is 3. The average Bonchev–Trinajstić information content (AvgIpc) is 3.63. The first-order chi connectivity index (χ1) is 21.3. The highest BCUT2D eigenvalue weighted by Crippen LogP contribution is 2.56. The molecule has 4 aromatic carbocycles. The fraction of sp³-hybridized carbons (Fsp3) is 0.100. The van der Waals surface area contributed by atoms with Gasteiger partial charge in [-0.25, -0.2) is 4.74 Å². The summed E-state index contributed by atoms with van der Waals surface area (Å²) < 4.78 is 30.6. The molecule has 10 nitrogen and oxygen atoms in total. The van der Waals surface area contributed by atoms with Crippen molar-refractivity contribution >= 4 is 83.5 Å². The van der Waals surface area contributed by atoms with E-state index in [0.29, 0.717) is 5.69 Å². The molecule has 3 aromatic heterocycles. The summed E-state index contributed by atoms with van der Waals surface area (Å²) in [6.45, 7) is 0. The van der Waals surface area contributed by atoms with Gasteiger partial charge in [0.2, 0.25) is 0 Å². The molecule has 0 radical (unpaired) electrons. The van der Waals surface area contributed by atoms with Crippen LogP contribution in [0.5, 0.6) is 0 Å². The van der Waals surface area contributed by atoms with Crippen molar-refractivity contribution < 1.29 is 4.92 Å². The summed E-state index contributed by atoms with van der Waals surface area (Å²) in [6, 6.07) is 30.6. The smallest absolute Gasteiger partial charge is 0.313 e. The van der Waals surface area contributed by atoms with Gasteiger partial charge < -0.3 is 13.7 Å². The fourth-order valence-corrected chi connectivity index (χ4v) is 10.8. The Morgan fingerprint density at radius 1 is 0.591 bits per heavy atom. The normalized spacial score (nSPS) is 14.6. The maximum Gasteiger partial charge on any atom is 0.313 e. The Kier molecular flexibility index (Phi) is 7.25. The first kappa shape index (κ1) is 28.4. The van der Waals surface area contributed by atoms with Crippen molar-refractivity contribution in [3.8, 4) is 0 Å². The van der Waals surface area contributed by atoms with Crippen LogP contribution in [0, 0.1) is 10.1 Å². The van der Waals surface area contributed by atoms with Crippen molar-refractivity contribution in [1.82, 2.24) is 13.7 Å². The first-order valence-electron chi connectivity index (χ1n) is 13.5. The third-order valence-electron chi connectivity index (χ3n) is 7.11. The number of nitro benzene ring substituents is 1. The van der Waals surface area contributed by atoms with Gasteiger partial charge in [-0.1, -0.05) is 70.4 Å². The van der Waals surface area contributed by atoms with Crippen LogP contribution in [0.4, 0.5) is 11.4 Å². The molecule has 0 fully saturated rings. The quantitative estimate of drug-likeness (QED) is 0.108. The molecule has 0 N–H and O–H groups in total. The molecular weight excluding hydrogens is 632 g/mol. The molecule has 44 heavy (non-hydrogen) atoms. The molecule has 0 bridgehead atoms. The highest BCUT2D eigenvalue weighted by atomic mass is 32.1. The molecule has 7 aromatic rings. The zero-order valence-electron chi connectivity index (χ0n) is 23.8. The number of benzene rings is 4. The molecule has 0 aliphatic heterocycles. The zero-order chi connectivity index (χ0) is 30.4. The predicted molar refractivity (Wildman–Crippen MR) is 181 cm³/mol. The number of non-ortho nitro benzene ring substituents is 1. The van der Waals surface area contributed by atoms with E-state index in [2.05, 4.69) is 36.4 Å². The van der Waals surface area contributed by atoms with Gasteiger partial charge in [0.15, 0.2) is 14.4 Å². The van der Waals surface area contributed by atoms with Crippen LogP contribution >= 0.6 is 41.5 Å². The number of para-hydroxylation sites is 3. The lowest BCUT2D eigenvalue weighted by Crippen LogP contribution is -2.14.